The van der Waals surface area contributed by atoms with Crippen LogP contribution in [0.3, 0.4) is 0 Å². The summed E-state index contributed by atoms with van der Waals surface area (Å²) in [7, 11) is 0. The van der Waals surface area contributed by atoms with E-state index in [1.165, 1.54) is 31.2 Å². The number of hydrazine groups is 1. The molecular formula is C20H14F4N4O3. The molecule has 31 heavy (non-hydrogen) atoms. The first-order chi connectivity index (χ1) is 14.6. The Morgan fingerprint density at radius 1 is 0.968 bits per heavy atom. The zero-order chi connectivity index (χ0) is 22.8. The molecule has 0 aliphatic heterocycles. The number of aromatic nitrogens is 2. The highest BCUT2D eigenvalue weighted by Crippen LogP contribution is 2.30. The second-order valence-corrected chi connectivity index (χ2v) is 6.35. The van der Waals surface area contributed by atoms with Crippen molar-refractivity contribution < 1.29 is 27.2 Å². The van der Waals surface area contributed by atoms with Gasteiger partial charge in [-0.05, 0) is 37.3 Å². The number of amides is 2. The van der Waals surface area contributed by atoms with Crippen molar-refractivity contribution in [2.24, 2.45) is 0 Å². The predicted octanol–water partition coefficient (Wildman–Crippen LogP) is 2.77. The lowest BCUT2D eigenvalue weighted by Crippen LogP contribution is -2.44. The fourth-order valence-corrected chi connectivity index (χ4v) is 2.67. The van der Waals surface area contributed by atoms with E-state index in [-0.39, 0.29) is 16.9 Å². The predicted molar refractivity (Wildman–Crippen MR) is 101 cm³/mol. The first-order valence-electron chi connectivity index (χ1n) is 8.72. The maximum Gasteiger partial charge on any atom is 0.416 e. The summed E-state index contributed by atoms with van der Waals surface area (Å²) in [4.78, 5) is 36.5. The highest BCUT2D eigenvalue weighted by Gasteiger charge is 2.30. The summed E-state index contributed by atoms with van der Waals surface area (Å²) < 4.78 is 53.6. The van der Waals surface area contributed by atoms with Crippen molar-refractivity contribution >= 4 is 11.8 Å². The van der Waals surface area contributed by atoms with Crippen LogP contribution >= 0.6 is 0 Å². The summed E-state index contributed by atoms with van der Waals surface area (Å²) >= 11 is 0. The van der Waals surface area contributed by atoms with Crippen LogP contribution in [0.15, 0.2) is 59.4 Å². The van der Waals surface area contributed by atoms with E-state index < -0.39 is 40.5 Å². The van der Waals surface area contributed by atoms with Crippen LogP contribution in [-0.2, 0) is 6.18 Å². The van der Waals surface area contributed by atoms with Gasteiger partial charge in [0.2, 0.25) is 5.43 Å². The van der Waals surface area contributed by atoms with E-state index in [0.29, 0.717) is 0 Å². The third-order valence-corrected chi connectivity index (χ3v) is 4.15. The molecular weight excluding hydrogens is 420 g/mol. The van der Waals surface area contributed by atoms with Crippen molar-refractivity contribution in [2.75, 3.05) is 0 Å². The Morgan fingerprint density at radius 2 is 1.65 bits per heavy atom. The molecule has 0 atom stereocenters. The Kier molecular flexibility index (Phi) is 5.86. The molecule has 1 heterocycles. The van der Waals surface area contributed by atoms with Crippen molar-refractivity contribution in [1.82, 2.24) is 20.6 Å². The normalized spacial score (nSPS) is 11.1. The number of carbonyl (C=O) groups is 2. The SMILES string of the molecule is Cc1cc(=O)c(C(=O)NNC(=O)c2ccccc2F)nn1-c1cccc(C(F)(F)F)c1. The van der Waals surface area contributed by atoms with E-state index in [9.17, 15) is 31.9 Å². The summed E-state index contributed by atoms with van der Waals surface area (Å²) in [5.74, 6) is -2.93. The number of benzene rings is 2. The maximum absolute atomic E-state index is 13.6. The monoisotopic (exact) mass is 434 g/mol. The fraction of sp³-hybridized carbons (Fsp3) is 0.100. The Morgan fingerprint density at radius 3 is 2.32 bits per heavy atom. The molecule has 7 nitrogen and oxygen atoms in total. The topological polar surface area (TPSA) is 93.1 Å². The number of hydrogen-bond donors (Lipinski definition) is 2. The summed E-state index contributed by atoms with van der Waals surface area (Å²) in [5.41, 5.74) is 1.25. The maximum atomic E-state index is 13.6. The lowest BCUT2D eigenvalue weighted by atomic mass is 10.2. The molecule has 0 aliphatic rings. The van der Waals surface area contributed by atoms with Gasteiger partial charge in [-0.1, -0.05) is 18.2 Å². The van der Waals surface area contributed by atoms with Gasteiger partial charge in [0.25, 0.3) is 11.8 Å². The Hall–Kier alpha value is -4.02. The summed E-state index contributed by atoms with van der Waals surface area (Å²) in [6.45, 7) is 1.43. The van der Waals surface area contributed by atoms with Gasteiger partial charge in [-0.15, -0.1) is 0 Å². The first-order valence-corrected chi connectivity index (χ1v) is 8.72. The average Bonchev–Trinajstić information content (AvgIpc) is 2.71. The molecule has 1 aromatic heterocycles. The number of nitrogens with one attached hydrogen (secondary N) is 2. The van der Waals surface area contributed by atoms with Crippen LogP contribution in [0.2, 0.25) is 0 Å². The molecule has 0 saturated carbocycles. The molecule has 2 aromatic carbocycles. The number of rotatable bonds is 3. The molecule has 0 radical (unpaired) electrons. The molecule has 2 amide bonds. The van der Waals surface area contributed by atoms with Gasteiger partial charge in [0.05, 0.1) is 16.8 Å². The molecule has 2 N–H and O–H groups in total. The minimum absolute atomic E-state index is 0.0308. The lowest BCUT2D eigenvalue weighted by Gasteiger charge is -2.14. The van der Waals surface area contributed by atoms with E-state index in [1.807, 2.05) is 10.9 Å². The summed E-state index contributed by atoms with van der Waals surface area (Å²) in [6, 6.07) is 10.2. The zero-order valence-electron chi connectivity index (χ0n) is 15.8. The number of nitrogens with zero attached hydrogens (tertiary/aromatic N) is 2. The molecule has 3 rings (SSSR count). The Bertz CT molecular complexity index is 1220. The van der Waals surface area contributed by atoms with E-state index in [1.54, 1.807) is 0 Å². The van der Waals surface area contributed by atoms with Gasteiger partial charge in [0, 0.05) is 11.8 Å². The Balaban J connectivity index is 1.87. The van der Waals surface area contributed by atoms with Gasteiger partial charge in [-0.3, -0.25) is 25.2 Å². The molecule has 160 valence electrons. The molecule has 0 aliphatic carbocycles. The van der Waals surface area contributed by atoms with Crippen LogP contribution in [0.5, 0.6) is 0 Å². The zero-order valence-corrected chi connectivity index (χ0v) is 15.8. The second-order valence-electron chi connectivity index (χ2n) is 6.35. The lowest BCUT2D eigenvalue weighted by molar-refractivity contribution is -0.137. The number of carbonyl (C=O) groups excluding carboxylic acids is 2. The molecule has 0 bridgehead atoms. The van der Waals surface area contributed by atoms with Gasteiger partial charge >= 0.3 is 6.18 Å². The summed E-state index contributed by atoms with van der Waals surface area (Å²) in [6.07, 6.45) is -4.60. The van der Waals surface area contributed by atoms with E-state index in [0.717, 1.165) is 35.0 Å². The third-order valence-electron chi connectivity index (χ3n) is 4.15. The molecule has 0 unspecified atom stereocenters. The molecule has 11 heteroatoms. The number of hydrogen-bond acceptors (Lipinski definition) is 4. The van der Waals surface area contributed by atoms with Crippen LogP contribution in [0.4, 0.5) is 17.6 Å². The number of alkyl halides is 3. The molecule has 0 spiro atoms. The minimum Gasteiger partial charge on any atom is -0.287 e. The van der Waals surface area contributed by atoms with Crippen molar-refractivity contribution in [2.45, 2.75) is 13.1 Å². The van der Waals surface area contributed by atoms with Crippen LogP contribution < -0.4 is 16.3 Å². The van der Waals surface area contributed by atoms with E-state index in [2.05, 4.69) is 5.10 Å². The van der Waals surface area contributed by atoms with Crippen LogP contribution in [0.1, 0.15) is 32.1 Å². The second kappa shape index (κ2) is 8.38. The van der Waals surface area contributed by atoms with Crippen molar-refractivity contribution in [3.05, 3.63) is 93.2 Å². The quantitative estimate of drug-likeness (QED) is 0.490. The third kappa shape index (κ3) is 4.77. The number of aryl methyl sites for hydroxylation is 1. The molecule has 0 saturated heterocycles. The van der Waals surface area contributed by atoms with Crippen molar-refractivity contribution in [1.29, 1.82) is 0 Å². The summed E-state index contributed by atoms with van der Waals surface area (Å²) in [5, 5.41) is 3.83. The fourth-order valence-electron chi connectivity index (χ4n) is 2.67. The van der Waals surface area contributed by atoms with E-state index >= 15 is 0 Å². The van der Waals surface area contributed by atoms with Gasteiger partial charge in [-0.2, -0.15) is 18.3 Å². The largest absolute Gasteiger partial charge is 0.416 e. The number of halogens is 4. The smallest absolute Gasteiger partial charge is 0.287 e. The Labute approximate surface area is 172 Å². The highest BCUT2D eigenvalue weighted by atomic mass is 19.4. The van der Waals surface area contributed by atoms with Gasteiger partial charge in [0.1, 0.15) is 5.82 Å². The first kappa shape index (κ1) is 21.7. The van der Waals surface area contributed by atoms with Crippen LogP contribution in [0, 0.1) is 12.7 Å². The van der Waals surface area contributed by atoms with Gasteiger partial charge < -0.3 is 0 Å². The highest BCUT2D eigenvalue weighted by molar-refractivity contribution is 5.98. The molecule has 0 fully saturated rings. The van der Waals surface area contributed by atoms with Crippen molar-refractivity contribution in [3.8, 4) is 5.69 Å². The van der Waals surface area contributed by atoms with Crippen LogP contribution in [-0.4, -0.2) is 21.6 Å². The van der Waals surface area contributed by atoms with Crippen LogP contribution in [0.25, 0.3) is 5.69 Å². The van der Waals surface area contributed by atoms with Crippen molar-refractivity contribution in [3.63, 3.8) is 0 Å². The molecule has 3 aromatic rings. The average molecular weight is 434 g/mol. The van der Waals surface area contributed by atoms with Gasteiger partial charge in [-0.25, -0.2) is 9.07 Å². The minimum atomic E-state index is -4.60. The standard InChI is InChI=1S/C20H14F4N4O3/c1-11-9-16(29)17(19(31)26-25-18(30)14-7-2-3-8-15(14)21)27-28(11)13-6-4-5-12(10-13)20(22,23)24/h2-10H,1H3,(H,25,30)(H,26,31). The van der Waals surface area contributed by atoms with Gasteiger partial charge in [0.15, 0.2) is 5.69 Å². The van der Waals surface area contributed by atoms with E-state index in [4.69, 9.17) is 0 Å².